The second-order valence-electron chi connectivity index (χ2n) is 4.77. The van der Waals surface area contributed by atoms with Crippen molar-refractivity contribution in [1.29, 1.82) is 0 Å². The largest absolute Gasteiger partial charge is 0.495 e. The number of carbonyl (C=O) groups excluding carboxylic acids is 1. The summed E-state index contributed by atoms with van der Waals surface area (Å²) in [5, 5.41) is 2.65. The van der Waals surface area contributed by atoms with E-state index in [-0.39, 0.29) is 27.0 Å². The highest BCUT2D eigenvalue weighted by molar-refractivity contribution is 7.92. The standard InChI is InChI=1S/C15H14ClFN2O4S/c1-9(20)18-14-8-11(4-6-15(14)23-2)24(21,22)19-13-7-10(16)3-5-12(13)17/h3-8,19H,1-2H3,(H,18,20). The van der Waals surface area contributed by atoms with Crippen LogP contribution in [0.5, 0.6) is 5.75 Å². The van der Waals surface area contributed by atoms with Crippen LogP contribution in [-0.2, 0) is 14.8 Å². The molecule has 24 heavy (non-hydrogen) atoms. The summed E-state index contributed by atoms with van der Waals surface area (Å²) in [5.74, 6) is -0.867. The van der Waals surface area contributed by atoms with E-state index in [1.165, 1.54) is 38.3 Å². The third-order valence-corrected chi connectivity index (χ3v) is 4.56. The van der Waals surface area contributed by atoms with Gasteiger partial charge in [0.2, 0.25) is 5.91 Å². The summed E-state index contributed by atoms with van der Waals surface area (Å²) in [5.41, 5.74) is -0.0983. The Labute approximate surface area is 143 Å². The lowest BCUT2D eigenvalue weighted by molar-refractivity contribution is -0.114. The quantitative estimate of drug-likeness (QED) is 0.843. The number of rotatable bonds is 5. The predicted molar refractivity (Wildman–Crippen MR) is 89.5 cm³/mol. The molecule has 9 heteroatoms. The summed E-state index contributed by atoms with van der Waals surface area (Å²) in [6, 6.07) is 7.38. The lowest BCUT2D eigenvalue weighted by Gasteiger charge is -2.13. The topological polar surface area (TPSA) is 84.5 Å². The van der Waals surface area contributed by atoms with Crippen molar-refractivity contribution in [1.82, 2.24) is 0 Å². The summed E-state index contributed by atoms with van der Waals surface area (Å²) >= 11 is 5.75. The summed E-state index contributed by atoms with van der Waals surface area (Å²) < 4.78 is 45.8. The molecule has 128 valence electrons. The maximum Gasteiger partial charge on any atom is 0.262 e. The molecule has 0 bridgehead atoms. The van der Waals surface area contributed by atoms with Crippen LogP contribution in [0.25, 0.3) is 0 Å². The van der Waals surface area contributed by atoms with Gasteiger partial charge in [0.25, 0.3) is 10.0 Å². The van der Waals surface area contributed by atoms with Crippen LogP contribution in [0.15, 0.2) is 41.3 Å². The second-order valence-corrected chi connectivity index (χ2v) is 6.89. The molecule has 0 radical (unpaired) electrons. The smallest absolute Gasteiger partial charge is 0.262 e. The number of sulfonamides is 1. The predicted octanol–water partition coefficient (Wildman–Crippen LogP) is 3.25. The summed E-state index contributed by atoms with van der Waals surface area (Å²) in [6.45, 7) is 1.28. The molecule has 0 aliphatic heterocycles. The fraction of sp³-hybridized carbons (Fsp3) is 0.133. The zero-order valence-corrected chi connectivity index (χ0v) is 14.3. The van der Waals surface area contributed by atoms with Crippen LogP contribution in [0.3, 0.4) is 0 Å². The molecule has 2 N–H and O–H groups in total. The van der Waals surface area contributed by atoms with E-state index in [1.54, 1.807) is 0 Å². The van der Waals surface area contributed by atoms with Gasteiger partial charge >= 0.3 is 0 Å². The number of anilines is 2. The van der Waals surface area contributed by atoms with E-state index in [2.05, 4.69) is 10.0 Å². The third kappa shape index (κ3) is 4.15. The molecular weight excluding hydrogens is 359 g/mol. The van der Waals surface area contributed by atoms with Crippen molar-refractivity contribution in [2.24, 2.45) is 0 Å². The minimum Gasteiger partial charge on any atom is -0.495 e. The average molecular weight is 373 g/mol. The van der Waals surface area contributed by atoms with Crippen molar-refractivity contribution in [3.63, 3.8) is 0 Å². The SMILES string of the molecule is COc1ccc(S(=O)(=O)Nc2cc(Cl)ccc2F)cc1NC(C)=O. The number of benzene rings is 2. The van der Waals surface area contributed by atoms with E-state index in [0.717, 1.165) is 12.1 Å². The van der Waals surface area contributed by atoms with Crippen LogP contribution in [0, 0.1) is 5.82 Å². The zero-order chi connectivity index (χ0) is 17.9. The van der Waals surface area contributed by atoms with Gasteiger partial charge in [-0.15, -0.1) is 0 Å². The molecule has 0 saturated carbocycles. The minimum atomic E-state index is -4.09. The summed E-state index contributed by atoms with van der Waals surface area (Å²) in [7, 11) is -2.71. The first-order chi connectivity index (χ1) is 11.2. The number of hydrogen-bond acceptors (Lipinski definition) is 4. The number of halogens is 2. The summed E-state index contributed by atoms with van der Waals surface area (Å²) in [6.07, 6.45) is 0. The Kier molecular flexibility index (Phi) is 5.30. The van der Waals surface area contributed by atoms with Gasteiger partial charge in [-0.25, -0.2) is 12.8 Å². The minimum absolute atomic E-state index is 0.175. The van der Waals surface area contributed by atoms with Crippen LogP contribution >= 0.6 is 11.6 Å². The first-order valence-corrected chi connectivity index (χ1v) is 8.52. The Balaban J connectivity index is 2.42. The first-order valence-electron chi connectivity index (χ1n) is 6.66. The highest BCUT2D eigenvalue weighted by Crippen LogP contribution is 2.29. The Morgan fingerprint density at radius 1 is 1.17 bits per heavy atom. The highest BCUT2D eigenvalue weighted by atomic mass is 35.5. The van der Waals surface area contributed by atoms with Gasteiger partial charge in [0, 0.05) is 11.9 Å². The molecule has 6 nitrogen and oxygen atoms in total. The summed E-state index contributed by atoms with van der Waals surface area (Å²) in [4.78, 5) is 11.0. The van der Waals surface area contributed by atoms with Crippen LogP contribution in [-0.4, -0.2) is 21.4 Å². The maximum atomic E-state index is 13.7. The maximum absolute atomic E-state index is 13.7. The van der Waals surface area contributed by atoms with Crippen molar-refractivity contribution in [2.45, 2.75) is 11.8 Å². The molecule has 0 spiro atoms. The van der Waals surface area contributed by atoms with Crippen molar-refractivity contribution in [2.75, 3.05) is 17.1 Å². The first kappa shape index (κ1) is 18.0. The van der Waals surface area contributed by atoms with Gasteiger partial charge in [-0.2, -0.15) is 0 Å². The number of amides is 1. The Bertz CT molecular complexity index is 887. The fourth-order valence-electron chi connectivity index (χ4n) is 1.92. The second kappa shape index (κ2) is 7.06. The monoisotopic (exact) mass is 372 g/mol. The molecule has 0 saturated heterocycles. The highest BCUT2D eigenvalue weighted by Gasteiger charge is 2.19. The van der Waals surface area contributed by atoms with E-state index < -0.39 is 21.7 Å². The van der Waals surface area contributed by atoms with E-state index in [9.17, 15) is 17.6 Å². The average Bonchev–Trinajstić information content (AvgIpc) is 2.50. The number of hydrogen-bond donors (Lipinski definition) is 2. The van der Waals surface area contributed by atoms with Crippen LogP contribution in [0.2, 0.25) is 5.02 Å². The molecule has 1 amide bonds. The molecule has 0 aliphatic rings. The fourth-order valence-corrected chi connectivity index (χ4v) is 3.18. The number of nitrogens with one attached hydrogen (secondary N) is 2. The van der Waals surface area contributed by atoms with E-state index in [4.69, 9.17) is 16.3 Å². The van der Waals surface area contributed by atoms with Crippen molar-refractivity contribution < 1.29 is 22.3 Å². The van der Waals surface area contributed by atoms with Gasteiger partial charge in [-0.3, -0.25) is 9.52 Å². The zero-order valence-electron chi connectivity index (χ0n) is 12.8. The number of methoxy groups -OCH3 is 1. The molecule has 2 rings (SSSR count). The number of ether oxygens (including phenoxy) is 1. The van der Waals surface area contributed by atoms with Gasteiger partial charge in [0.05, 0.1) is 23.4 Å². The molecule has 0 atom stereocenters. The normalized spacial score (nSPS) is 11.0. The van der Waals surface area contributed by atoms with Gasteiger partial charge in [-0.1, -0.05) is 11.6 Å². The van der Waals surface area contributed by atoms with E-state index >= 15 is 0 Å². The third-order valence-electron chi connectivity index (χ3n) is 2.96. The Morgan fingerprint density at radius 2 is 1.88 bits per heavy atom. The van der Waals surface area contributed by atoms with Gasteiger partial charge in [0.1, 0.15) is 11.6 Å². The molecule has 0 heterocycles. The van der Waals surface area contributed by atoms with Crippen LogP contribution < -0.4 is 14.8 Å². The Hall–Kier alpha value is -2.32. The van der Waals surface area contributed by atoms with Crippen molar-refractivity contribution in [3.05, 3.63) is 47.2 Å². The molecule has 0 aliphatic carbocycles. The van der Waals surface area contributed by atoms with Gasteiger partial charge < -0.3 is 10.1 Å². The lowest BCUT2D eigenvalue weighted by atomic mass is 10.3. The number of carbonyl (C=O) groups is 1. The van der Waals surface area contributed by atoms with Crippen LogP contribution in [0.1, 0.15) is 6.92 Å². The van der Waals surface area contributed by atoms with E-state index in [1.807, 2.05) is 0 Å². The molecule has 2 aromatic carbocycles. The Morgan fingerprint density at radius 3 is 2.50 bits per heavy atom. The van der Waals surface area contributed by atoms with Crippen molar-refractivity contribution in [3.8, 4) is 5.75 Å². The molecule has 0 unspecified atom stereocenters. The molecule has 0 aromatic heterocycles. The van der Waals surface area contributed by atoms with Gasteiger partial charge in [0.15, 0.2) is 0 Å². The van der Waals surface area contributed by atoms with Gasteiger partial charge in [-0.05, 0) is 36.4 Å². The van der Waals surface area contributed by atoms with E-state index in [0.29, 0.717) is 0 Å². The molecule has 0 fully saturated rings. The van der Waals surface area contributed by atoms with Crippen molar-refractivity contribution >= 4 is 38.9 Å². The molecular formula is C15H14ClFN2O4S. The lowest BCUT2D eigenvalue weighted by Crippen LogP contribution is -2.15. The van der Waals surface area contributed by atoms with Crippen LogP contribution in [0.4, 0.5) is 15.8 Å². The molecule has 2 aromatic rings.